The first-order valence-electron chi connectivity index (χ1n) is 4.07. The highest BCUT2D eigenvalue weighted by Crippen LogP contribution is 2.26. The summed E-state index contributed by atoms with van der Waals surface area (Å²) in [7, 11) is 0. The first kappa shape index (κ1) is 12.1. The van der Waals surface area contributed by atoms with Gasteiger partial charge in [0.15, 0.2) is 0 Å². The molecule has 0 fully saturated rings. The summed E-state index contributed by atoms with van der Waals surface area (Å²) in [5.41, 5.74) is -0.454. The van der Waals surface area contributed by atoms with Crippen LogP contribution in [0.3, 0.4) is 0 Å². The molecule has 1 rings (SSSR count). The van der Waals surface area contributed by atoms with Gasteiger partial charge in [-0.15, -0.1) is 21.2 Å². The number of aromatic hydroxyl groups is 2. The molecule has 0 saturated carbocycles. The van der Waals surface area contributed by atoms with E-state index in [-0.39, 0.29) is 17.2 Å². The third-order valence-corrected chi connectivity index (χ3v) is 1.96. The third kappa shape index (κ3) is 2.01. The van der Waals surface area contributed by atoms with Crippen molar-refractivity contribution in [3.8, 4) is 11.8 Å². The number of rotatable bonds is 4. The van der Waals surface area contributed by atoms with Crippen LogP contribution in [0.1, 0.15) is 10.4 Å². The van der Waals surface area contributed by atoms with Crippen LogP contribution < -0.4 is 0 Å². The zero-order chi connectivity index (χ0) is 12.3. The first-order valence-corrected chi connectivity index (χ1v) is 4.60. The van der Waals surface area contributed by atoms with Gasteiger partial charge >= 0.3 is 0 Å². The Morgan fingerprint density at radius 3 is 2.56 bits per heavy atom. The number of nitroso groups, excluding NO2 is 1. The van der Waals surface area contributed by atoms with Crippen molar-refractivity contribution in [1.82, 2.24) is 9.74 Å². The maximum absolute atomic E-state index is 11.5. The molecule has 1 aromatic rings. The third-order valence-electron chi connectivity index (χ3n) is 1.79. The van der Waals surface area contributed by atoms with Gasteiger partial charge in [-0.05, 0) is 0 Å². The van der Waals surface area contributed by atoms with Crippen molar-refractivity contribution in [2.24, 2.45) is 5.29 Å². The lowest BCUT2D eigenvalue weighted by Crippen LogP contribution is -2.27. The minimum Gasteiger partial charge on any atom is -0.492 e. The molecule has 0 aliphatic rings. The number of alkyl halides is 1. The normalized spacial score (nSPS) is 10.1. The summed E-state index contributed by atoms with van der Waals surface area (Å²) < 4.78 is -0.00306. The Bertz CT molecular complexity index is 418. The van der Waals surface area contributed by atoms with Gasteiger partial charge in [0, 0.05) is 11.9 Å². The van der Waals surface area contributed by atoms with E-state index in [0.717, 1.165) is 6.07 Å². The highest BCUT2D eigenvalue weighted by atomic mass is 35.5. The quantitative estimate of drug-likeness (QED) is 0.311. The molecule has 1 amide bonds. The van der Waals surface area contributed by atoms with Crippen molar-refractivity contribution in [3.63, 3.8) is 0 Å². The van der Waals surface area contributed by atoms with Gasteiger partial charge in [-0.2, -0.15) is 5.01 Å². The summed E-state index contributed by atoms with van der Waals surface area (Å²) in [6.45, 7) is -0.152. The maximum Gasteiger partial charge on any atom is 0.282 e. The van der Waals surface area contributed by atoms with Crippen LogP contribution in [0.15, 0.2) is 11.4 Å². The van der Waals surface area contributed by atoms with Gasteiger partial charge in [-0.1, -0.05) is 0 Å². The molecule has 0 unspecified atom stereocenters. The number of hydrogen-bond donors (Lipinski definition) is 3. The van der Waals surface area contributed by atoms with Crippen molar-refractivity contribution in [2.75, 3.05) is 12.4 Å². The Balaban J connectivity index is 3.03. The smallest absolute Gasteiger partial charge is 0.282 e. The van der Waals surface area contributed by atoms with Crippen LogP contribution in [-0.4, -0.2) is 43.5 Å². The number of amides is 1. The standard InChI is InChI=1S/C7H8ClN3O5/c8-1-2-10(9-15)6(13)4-3-5(12)11(16)7(4)14/h3,12,14,16H,1-2H2. The van der Waals surface area contributed by atoms with Gasteiger partial charge in [-0.3, -0.25) is 4.79 Å². The van der Waals surface area contributed by atoms with Crippen LogP contribution in [0.2, 0.25) is 0 Å². The molecule has 0 bridgehead atoms. The van der Waals surface area contributed by atoms with E-state index in [0.29, 0.717) is 5.01 Å². The number of aromatic nitrogens is 1. The molecule has 0 spiro atoms. The molecule has 9 heteroatoms. The lowest BCUT2D eigenvalue weighted by atomic mass is 10.3. The second-order valence-electron chi connectivity index (χ2n) is 2.75. The fraction of sp³-hybridized carbons (Fsp3) is 0.286. The van der Waals surface area contributed by atoms with E-state index < -0.39 is 23.2 Å². The molecule has 0 atom stereocenters. The Morgan fingerprint density at radius 1 is 1.56 bits per heavy atom. The van der Waals surface area contributed by atoms with Gasteiger partial charge in [-0.25, -0.2) is 0 Å². The minimum atomic E-state index is -0.976. The van der Waals surface area contributed by atoms with Crippen LogP contribution >= 0.6 is 11.6 Å². The maximum atomic E-state index is 11.5. The topological polar surface area (TPSA) is 115 Å². The molecule has 0 radical (unpaired) electrons. The summed E-state index contributed by atoms with van der Waals surface area (Å²) in [6.07, 6.45) is 0. The van der Waals surface area contributed by atoms with E-state index in [1.165, 1.54) is 0 Å². The van der Waals surface area contributed by atoms with Crippen LogP contribution in [0.5, 0.6) is 11.8 Å². The Kier molecular flexibility index (Phi) is 3.56. The lowest BCUT2D eigenvalue weighted by Gasteiger charge is -2.10. The number of nitrogens with zero attached hydrogens (tertiary/aromatic N) is 3. The predicted molar refractivity (Wildman–Crippen MR) is 52.5 cm³/mol. The zero-order valence-electron chi connectivity index (χ0n) is 7.87. The van der Waals surface area contributed by atoms with E-state index in [1.54, 1.807) is 0 Å². The van der Waals surface area contributed by atoms with Crippen LogP contribution in [-0.2, 0) is 0 Å². The molecule has 0 aliphatic heterocycles. The lowest BCUT2D eigenvalue weighted by molar-refractivity contribution is 0.0757. The van der Waals surface area contributed by atoms with Gasteiger partial charge in [0.25, 0.3) is 5.91 Å². The largest absolute Gasteiger partial charge is 0.492 e. The molecular formula is C7H8ClN3O5. The van der Waals surface area contributed by atoms with Crippen molar-refractivity contribution in [3.05, 3.63) is 16.5 Å². The second-order valence-corrected chi connectivity index (χ2v) is 3.13. The van der Waals surface area contributed by atoms with Crippen LogP contribution in [0.4, 0.5) is 0 Å². The molecule has 8 nitrogen and oxygen atoms in total. The Hall–Kier alpha value is -1.96. The first-order chi connectivity index (χ1) is 7.52. The average molecular weight is 250 g/mol. The number of hydrogen-bond acceptors (Lipinski definition) is 6. The molecule has 1 heterocycles. The highest BCUT2D eigenvalue weighted by molar-refractivity contribution is 6.18. The Morgan fingerprint density at radius 2 is 2.19 bits per heavy atom. The SMILES string of the molecule is O=NN(CCCl)C(=O)c1cc(O)n(O)c1O. The summed E-state index contributed by atoms with van der Waals surface area (Å²) >= 11 is 5.32. The van der Waals surface area contributed by atoms with Crippen molar-refractivity contribution < 1.29 is 20.2 Å². The van der Waals surface area contributed by atoms with Crippen LogP contribution in [0, 0.1) is 4.91 Å². The minimum absolute atomic E-state index is 0.00306. The highest BCUT2D eigenvalue weighted by Gasteiger charge is 2.24. The fourth-order valence-corrected chi connectivity index (χ4v) is 1.19. The fourth-order valence-electron chi connectivity index (χ4n) is 1.03. The number of halogens is 1. The molecule has 0 aromatic carbocycles. The molecule has 88 valence electrons. The average Bonchev–Trinajstić information content (AvgIpc) is 2.53. The van der Waals surface area contributed by atoms with Crippen molar-refractivity contribution >= 4 is 17.5 Å². The van der Waals surface area contributed by atoms with Gasteiger partial charge in [0.1, 0.15) is 5.56 Å². The molecule has 1 aromatic heterocycles. The molecular weight excluding hydrogens is 242 g/mol. The van der Waals surface area contributed by atoms with Crippen molar-refractivity contribution in [2.45, 2.75) is 0 Å². The van der Waals surface area contributed by atoms with Gasteiger partial charge in [0.2, 0.25) is 11.8 Å². The molecule has 3 N–H and O–H groups in total. The number of carbonyl (C=O) groups excluding carboxylic acids is 1. The Labute approximate surface area is 94.2 Å². The van der Waals surface area contributed by atoms with Crippen LogP contribution in [0.25, 0.3) is 0 Å². The molecule has 0 aliphatic carbocycles. The predicted octanol–water partition coefficient (Wildman–Crippen LogP) is 0.499. The molecule has 16 heavy (non-hydrogen) atoms. The summed E-state index contributed by atoms with van der Waals surface area (Å²) in [4.78, 5) is 21.8. The van der Waals surface area contributed by atoms with E-state index in [1.807, 2.05) is 0 Å². The van der Waals surface area contributed by atoms with Gasteiger partial charge in [0.05, 0.1) is 11.8 Å². The summed E-state index contributed by atoms with van der Waals surface area (Å²) in [6, 6.07) is 0.796. The van der Waals surface area contributed by atoms with Gasteiger partial charge < -0.3 is 15.4 Å². The van der Waals surface area contributed by atoms with E-state index >= 15 is 0 Å². The van der Waals surface area contributed by atoms with Crippen molar-refractivity contribution in [1.29, 1.82) is 0 Å². The van der Waals surface area contributed by atoms with E-state index in [9.17, 15) is 14.8 Å². The van der Waals surface area contributed by atoms with E-state index in [2.05, 4.69) is 5.29 Å². The summed E-state index contributed by atoms with van der Waals surface area (Å²) in [5, 5.41) is 30.1. The monoisotopic (exact) mass is 249 g/mol. The zero-order valence-corrected chi connectivity index (χ0v) is 8.63. The second kappa shape index (κ2) is 4.71. The molecule has 0 saturated heterocycles. The van der Waals surface area contributed by atoms with E-state index in [4.69, 9.17) is 21.9 Å². The number of carbonyl (C=O) groups is 1. The summed E-state index contributed by atoms with van der Waals surface area (Å²) in [5.74, 6) is -2.62.